The van der Waals surface area contributed by atoms with Crippen LogP contribution in [0.15, 0.2) is 47.1 Å². The van der Waals surface area contributed by atoms with E-state index in [1.54, 1.807) is 0 Å². The van der Waals surface area contributed by atoms with Crippen LogP contribution in [-0.2, 0) is 6.54 Å². The monoisotopic (exact) mass is 401 g/mol. The van der Waals surface area contributed by atoms with Crippen LogP contribution >= 0.6 is 39.9 Å². The quantitative estimate of drug-likeness (QED) is 0.838. The second-order valence-electron chi connectivity index (χ2n) is 5.21. The summed E-state index contributed by atoms with van der Waals surface area (Å²) in [5.74, 6) is 0. The molecular weight excluding hydrogens is 385 g/mol. The highest BCUT2D eigenvalue weighted by atomic mass is 79.9. The maximum atomic E-state index is 6.13. The molecule has 0 bridgehead atoms. The minimum atomic E-state index is 0. The topological polar surface area (TPSA) is 28.2 Å². The molecular formula is C16H18BrCl2N3. The second kappa shape index (κ2) is 8.27. The van der Waals surface area contributed by atoms with Gasteiger partial charge in [-0.2, -0.15) is 0 Å². The zero-order valence-electron chi connectivity index (χ0n) is 12.0. The molecule has 1 aromatic heterocycles. The summed E-state index contributed by atoms with van der Waals surface area (Å²) in [5.41, 5.74) is 2.35. The first-order chi connectivity index (χ1) is 10.2. The van der Waals surface area contributed by atoms with Crippen molar-refractivity contribution in [3.8, 4) is 0 Å². The summed E-state index contributed by atoms with van der Waals surface area (Å²) in [7, 11) is 0. The summed E-state index contributed by atoms with van der Waals surface area (Å²) in [6.07, 6.45) is 1.85. The average Bonchev–Trinajstić information content (AvgIpc) is 2.50. The van der Waals surface area contributed by atoms with E-state index in [2.05, 4.69) is 49.3 Å². The van der Waals surface area contributed by atoms with Gasteiger partial charge in [0.25, 0.3) is 0 Å². The highest BCUT2D eigenvalue weighted by Gasteiger charge is 2.24. The Morgan fingerprint density at radius 3 is 2.91 bits per heavy atom. The van der Waals surface area contributed by atoms with Crippen LogP contribution in [0.25, 0.3) is 0 Å². The Hall–Kier alpha value is -0.650. The molecule has 0 amide bonds. The molecule has 3 rings (SSSR count). The third-order valence-electron chi connectivity index (χ3n) is 3.74. The van der Waals surface area contributed by atoms with E-state index >= 15 is 0 Å². The minimum Gasteiger partial charge on any atom is -0.314 e. The Kier molecular flexibility index (Phi) is 6.66. The lowest BCUT2D eigenvalue weighted by Gasteiger charge is -2.36. The van der Waals surface area contributed by atoms with Crippen molar-refractivity contribution in [1.82, 2.24) is 15.2 Å². The Morgan fingerprint density at radius 2 is 2.18 bits per heavy atom. The van der Waals surface area contributed by atoms with Crippen molar-refractivity contribution in [1.29, 1.82) is 0 Å². The fourth-order valence-electron chi connectivity index (χ4n) is 2.69. The number of pyridine rings is 1. The fourth-order valence-corrected chi connectivity index (χ4v) is 3.12. The van der Waals surface area contributed by atoms with Gasteiger partial charge in [0.1, 0.15) is 0 Å². The molecule has 6 heteroatoms. The van der Waals surface area contributed by atoms with Crippen LogP contribution in [-0.4, -0.2) is 29.5 Å². The Bertz CT molecular complexity index is 607. The number of rotatable bonds is 3. The van der Waals surface area contributed by atoms with E-state index in [0.717, 1.165) is 41.4 Å². The van der Waals surface area contributed by atoms with Gasteiger partial charge in [-0.15, -0.1) is 12.4 Å². The number of hydrogen-bond acceptors (Lipinski definition) is 3. The van der Waals surface area contributed by atoms with Crippen LogP contribution in [0.1, 0.15) is 17.3 Å². The van der Waals surface area contributed by atoms with E-state index in [9.17, 15) is 0 Å². The van der Waals surface area contributed by atoms with E-state index in [-0.39, 0.29) is 12.4 Å². The molecule has 1 fully saturated rings. The van der Waals surface area contributed by atoms with Crippen LogP contribution in [0, 0.1) is 0 Å². The predicted octanol–water partition coefficient (Wildman–Crippen LogP) is 4.07. The van der Waals surface area contributed by atoms with Crippen LogP contribution in [0.3, 0.4) is 0 Å². The molecule has 1 aromatic carbocycles. The van der Waals surface area contributed by atoms with E-state index in [4.69, 9.17) is 11.6 Å². The Labute approximate surface area is 150 Å². The molecule has 3 nitrogen and oxygen atoms in total. The maximum Gasteiger partial charge on any atom is 0.0545 e. The lowest BCUT2D eigenvalue weighted by Crippen LogP contribution is -2.45. The van der Waals surface area contributed by atoms with Crippen LogP contribution in [0.2, 0.25) is 5.02 Å². The van der Waals surface area contributed by atoms with Gasteiger partial charge in [0, 0.05) is 47.9 Å². The smallest absolute Gasteiger partial charge is 0.0545 e. The summed E-state index contributed by atoms with van der Waals surface area (Å²) in [6.45, 7) is 3.81. The number of nitrogens with one attached hydrogen (secondary N) is 1. The van der Waals surface area contributed by atoms with E-state index in [0.29, 0.717) is 6.04 Å². The first kappa shape index (κ1) is 17.7. The first-order valence-electron chi connectivity index (χ1n) is 7.03. The average molecular weight is 403 g/mol. The number of benzene rings is 1. The second-order valence-corrected chi connectivity index (χ2v) is 6.57. The third kappa shape index (κ3) is 4.43. The summed E-state index contributed by atoms with van der Waals surface area (Å²) in [6, 6.07) is 12.6. The van der Waals surface area contributed by atoms with Crippen molar-refractivity contribution in [2.45, 2.75) is 12.6 Å². The summed E-state index contributed by atoms with van der Waals surface area (Å²) < 4.78 is 1.01. The highest BCUT2D eigenvalue weighted by Crippen LogP contribution is 2.26. The standard InChI is InChI=1S/C16H17BrClN3.ClH/c17-13-4-5-15(20-9-13)11-21-7-6-19-10-16(21)12-2-1-3-14(18)8-12;/h1-5,8-9,16,19H,6-7,10-11H2;1H. The van der Waals surface area contributed by atoms with Crippen molar-refractivity contribution in [2.24, 2.45) is 0 Å². The predicted molar refractivity (Wildman–Crippen MR) is 96.7 cm³/mol. The van der Waals surface area contributed by atoms with Gasteiger partial charge in [-0.3, -0.25) is 9.88 Å². The highest BCUT2D eigenvalue weighted by molar-refractivity contribution is 9.10. The third-order valence-corrected chi connectivity index (χ3v) is 4.45. The molecule has 2 heterocycles. The first-order valence-corrected chi connectivity index (χ1v) is 8.20. The number of halogens is 3. The van der Waals surface area contributed by atoms with E-state index in [1.807, 2.05) is 24.4 Å². The Balaban J connectivity index is 0.00000176. The minimum absolute atomic E-state index is 0. The zero-order valence-corrected chi connectivity index (χ0v) is 15.2. The van der Waals surface area contributed by atoms with Crippen LogP contribution in [0.4, 0.5) is 0 Å². The van der Waals surface area contributed by atoms with Crippen molar-refractivity contribution in [3.63, 3.8) is 0 Å². The van der Waals surface area contributed by atoms with Gasteiger partial charge in [0.2, 0.25) is 0 Å². The lowest BCUT2D eigenvalue weighted by atomic mass is 10.0. The normalized spacial score (nSPS) is 18.7. The van der Waals surface area contributed by atoms with Crippen molar-refractivity contribution in [2.75, 3.05) is 19.6 Å². The van der Waals surface area contributed by atoms with Gasteiger partial charge in [0.05, 0.1) is 5.69 Å². The maximum absolute atomic E-state index is 6.13. The van der Waals surface area contributed by atoms with Gasteiger partial charge >= 0.3 is 0 Å². The van der Waals surface area contributed by atoms with Gasteiger partial charge < -0.3 is 5.32 Å². The largest absolute Gasteiger partial charge is 0.314 e. The van der Waals surface area contributed by atoms with E-state index in [1.165, 1.54) is 5.56 Å². The fraction of sp³-hybridized carbons (Fsp3) is 0.312. The molecule has 2 aromatic rings. The summed E-state index contributed by atoms with van der Waals surface area (Å²) in [5, 5.41) is 4.26. The molecule has 0 aliphatic carbocycles. The zero-order chi connectivity index (χ0) is 14.7. The van der Waals surface area contributed by atoms with Crippen molar-refractivity contribution in [3.05, 3.63) is 63.3 Å². The SMILES string of the molecule is Cl.Clc1cccc(C2CNCCN2Cc2ccc(Br)cn2)c1. The lowest BCUT2D eigenvalue weighted by molar-refractivity contribution is 0.152. The van der Waals surface area contributed by atoms with Crippen LogP contribution < -0.4 is 5.32 Å². The van der Waals surface area contributed by atoms with E-state index < -0.39 is 0 Å². The molecule has 1 saturated heterocycles. The van der Waals surface area contributed by atoms with Gasteiger partial charge in [-0.1, -0.05) is 23.7 Å². The summed E-state index contributed by atoms with van der Waals surface area (Å²) in [4.78, 5) is 6.94. The summed E-state index contributed by atoms with van der Waals surface area (Å²) >= 11 is 9.56. The molecule has 22 heavy (non-hydrogen) atoms. The van der Waals surface area contributed by atoms with Crippen LogP contribution in [0.5, 0.6) is 0 Å². The van der Waals surface area contributed by atoms with Gasteiger partial charge in [0.15, 0.2) is 0 Å². The Morgan fingerprint density at radius 1 is 1.32 bits per heavy atom. The molecule has 1 aliphatic heterocycles. The number of nitrogens with zero attached hydrogens (tertiary/aromatic N) is 2. The van der Waals surface area contributed by atoms with Crippen molar-refractivity contribution >= 4 is 39.9 Å². The number of piperazine rings is 1. The van der Waals surface area contributed by atoms with Crippen molar-refractivity contribution < 1.29 is 0 Å². The molecule has 1 unspecified atom stereocenters. The van der Waals surface area contributed by atoms with Gasteiger partial charge in [-0.05, 0) is 45.8 Å². The molecule has 1 atom stereocenters. The molecule has 0 saturated carbocycles. The molecule has 1 N–H and O–H groups in total. The molecule has 118 valence electrons. The van der Waals surface area contributed by atoms with Gasteiger partial charge in [-0.25, -0.2) is 0 Å². The number of aromatic nitrogens is 1. The molecule has 0 spiro atoms. The molecule has 0 radical (unpaired) electrons. The number of hydrogen-bond donors (Lipinski definition) is 1. The molecule has 1 aliphatic rings.